The zero-order valence-electron chi connectivity index (χ0n) is 41.8. The largest absolute Gasteiger partial charge is 0.426 e. The molecule has 14 atom stereocenters. The van der Waals surface area contributed by atoms with Crippen molar-refractivity contribution in [3.63, 3.8) is 0 Å². The SMILES string of the molecule is CC(C)C1CC[C@H]2C[C@@H]3CC[C@@H](C(C)C)[C@@H](C3)OP(Oc3ccc4ccccc4c3Sc3c(OP4O[C@@H]5C[C@@H](CCC5C(C)C)C[C@@H]5CC[C@@H](C(C)C)[C@@H](C5)O4)ccc4ccccc34)O[C@@H]1C2. The minimum Gasteiger partial charge on any atom is -0.426 e. The minimum atomic E-state index is -1.71. The van der Waals surface area contributed by atoms with Crippen LogP contribution < -0.4 is 9.05 Å². The lowest BCUT2D eigenvalue weighted by Crippen LogP contribution is -2.39. The molecule has 4 aromatic rings. The first kappa shape index (κ1) is 48.7. The van der Waals surface area contributed by atoms with Crippen LogP contribution in [0.4, 0.5) is 0 Å². The van der Waals surface area contributed by atoms with Gasteiger partial charge < -0.3 is 9.05 Å². The Labute approximate surface area is 410 Å². The highest BCUT2D eigenvalue weighted by Crippen LogP contribution is 2.59. The van der Waals surface area contributed by atoms with Gasteiger partial charge in [0.15, 0.2) is 0 Å². The third-order valence-corrected chi connectivity index (χ3v) is 21.4. The molecule has 0 N–H and O–H groups in total. The average molecular weight is 967 g/mol. The molecule has 0 amide bonds. The first-order chi connectivity index (χ1) is 32.4. The maximum absolute atomic E-state index is 7.37. The summed E-state index contributed by atoms with van der Waals surface area (Å²) in [5.41, 5.74) is 0. The fraction of sp³-hybridized carbons (Fsp3) is 0.655. The number of fused-ring (bicyclic) bond motifs is 10. The predicted octanol–water partition coefficient (Wildman–Crippen LogP) is 18.0. The highest BCUT2D eigenvalue weighted by molar-refractivity contribution is 8.00. The van der Waals surface area contributed by atoms with Crippen LogP contribution in [0.3, 0.4) is 0 Å². The number of hydrogen-bond donors (Lipinski definition) is 0. The summed E-state index contributed by atoms with van der Waals surface area (Å²) in [5, 5.41) is 4.64. The van der Waals surface area contributed by atoms with Gasteiger partial charge in [-0.2, -0.15) is 0 Å². The van der Waals surface area contributed by atoms with Crippen molar-refractivity contribution in [2.24, 2.45) is 71.0 Å². The lowest BCUT2D eigenvalue weighted by Gasteiger charge is -2.45. The van der Waals surface area contributed by atoms with E-state index in [0.717, 1.165) is 57.7 Å². The van der Waals surface area contributed by atoms with Crippen LogP contribution in [-0.4, -0.2) is 24.4 Å². The summed E-state index contributed by atoms with van der Waals surface area (Å²) in [6.07, 6.45) is 17.7. The topological polar surface area (TPSA) is 55.4 Å². The van der Waals surface area contributed by atoms with Gasteiger partial charge in [-0.15, -0.1) is 0 Å². The second-order valence-electron chi connectivity index (χ2n) is 23.4. The van der Waals surface area contributed by atoms with Crippen molar-refractivity contribution in [2.75, 3.05) is 0 Å². The molecule has 67 heavy (non-hydrogen) atoms. The Hall–Kier alpha value is -1.95. The van der Waals surface area contributed by atoms with E-state index in [-0.39, 0.29) is 24.4 Å². The fourth-order valence-electron chi connectivity index (χ4n) is 13.9. The molecular weight excluding hydrogens is 887 g/mol. The Kier molecular flexibility index (Phi) is 15.6. The van der Waals surface area contributed by atoms with Crippen molar-refractivity contribution in [2.45, 2.75) is 179 Å². The van der Waals surface area contributed by atoms with Gasteiger partial charge in [-0.3, -0.25) is 18.1 Å². The lowest BCUT2D eigenvalue weighted by atomic mass is 9.68. The van der Waals surface area contributed by atoms with Gasteiger partial charge in [0, 0.05) is 0 Å². The molecule has 6 nitrogen and oxygen atoms in total. The van der Waals surface area contributed by atoms with Gasteiger partial charge in [0.25, 0.3) is 0 Å². The number of hydrogen-bond acceptors (Lipinski definition) is 7. The summed E-state index contributed by atoms with van der Waals surface area (Å²) in [6, 6.07) is 26.3. The van der Waals surface area contributed by atoms with Gasteiger partial charge in [-0.25, -0.2) is 0 Å². The minimum absolute atomic E-state index is 0.125. The molecule has 4 saturated carbocycles. The Morgan fingerprint density at radius 3 is 1.03 bits per heavy atom. The average Bonchev–Trinajstić information content (AvgIpc) is 3.30. The smallest absolute Gasteiger partial charge is 0.397 e. The molecule has 2 heterocycles. The first-order valence-electron chi connectivity index (χ1n) is 26.8. The van der Waals surface area contributed by atoms with Crippen molar-refractivity contribution in [3.05, 3.63) is 72.8 Å². The van der Waals surface area contributed by atoms with E-state index in [9.17, 15) is 0 Å². The quantitative estimate of drug-likeness (QED) is 0.147. The second kappa shape index (κ2) is 21.4. The summed E-state index contributed by atoms with van der Waals surface area (Å²) in [6.45, 7) is 19.0. The summed E-state index contributed by atoms with van der Waals surface area (Å²) >= 11 is 1.75. The molecule has 0 spiro atoms. The molecule has 10 rings (SSSR count). The molecule has 6 fully saturated rings. The van der Waals surface area contributed by atoms with E-state index in [1.54, 1.807) is 11.8 Å². The van der Waals surface area contributed by atoms with Crippen molar-refractivity contribution in [1.82, 2.24) is 0 Å². The van der Waals surface area contributed by atoms with Crippen LogP contribution in [0.1, 0.15) is 145 Å². The van der Waals surface area contributed by atoms with Gasteiger partial charge >= 0.3 is 17.2 Å². The summed E-state index contributed by atoms with van der Waals surface area (Å²) in [4.78, 5) is 2.11. The molecule has 4 unspecified atom stereocenters. The third-order valence-electron chi connectivity index (χ3n) is 17.7. The standard InChI is InChI=1S/C58H80O6P2S/c1-35(2)45-23-17-39-29-40-18-24-46(36(3)4)54(32-40)62-65(61-53(45)31-39)59-51-27-21-43-13-9-11-15-49(43)57(51)67-58-50-16-12-10-14-44(50)22-28-52(58)60-66-63-55-33-41(19-25-47(55)37(5)6)30-42-20-26-48(38(7)8)56(34-42)64-66/h9-16,21-22,27-28,35-42,45-48,53-56H,17-20,23-26,29-34H2,1-8H3/t39-,40-,41-,42-,45-,46?,47-,48?,53+,54+,55+,56+,65?,66?/m0/s1. The van der Waals surface area contributed by atoms with E-state index < -0.39 is 17.2 Å². The summed E-state index contributed by atoms with van der Waals surface area (Å²) in [7, 11) is -3.42. The van der Waals surface area contributed by atoms with Crippen LogP contribution >= 0.6 is 29.0 Å². The van der Waals surface area contributed by atoms with E-state index >= 15 is 0 Å². The van der Waals surface area contributed by atoms with Crippen LogP contribution in [-0.2, 0) is 18.1 Å². The maximum atomic E-state index is 7.37. The predicted molar refractivity (Wildman–Crippen MR) is 279 cm³/mol. The molecule has 2 saturated heterocycles. The van der Waals surface area contributed by atoms with Gasteiger partial charge in [0.05, 0.1) is 34.2 Å². The van der Waals surface area contributed by atoms with Crippen LogP contribution in [0.25, 0.3) is 21.5 Å². The zero-order valence-corrected chi connectivity index (χ0v) is 44.4. The van der Waals surface area contributed by atoms with Crippen LogP contribution in [0.15, 0.2) is 82.6 Å². The third kappa shape index (κ3) is 11.0. The van der Waals surface area contributed by atoms with Crippen molar-refractivity contribution < 1.29 is 27.1 Å². The zero-order chi connectivity index (χ0) is 46.3. The van der Waals surface area contributed by atoms with Crippen LogP contribution in [0.2, 0.25) is 0 Å². The Bertz CT molecular complexity index is 2060. The van der Waals surface area contributed by atoms with Gasteiger partial charge in [-0.1, -0.05) is 128 Å². The maximum Gasteiger partial charge on any atom is 0.397 e. The Morgan fingerprint density at radius 2 is 0.716 bits per heavy atom. The molecule has 0 aromatic heterocycles. The molecule has 364 valence electrons. The van der Waals surface area contributed by atoms with Crippen LogP contribution in [0, 0.1) is 71.0 Å². The highest BCUT2D eigenvalue weighted by Gasteiger charge is 2.45. The van der Waals surface area contributed by atoms with Crippen LogP contribution in [0.5, 0.6) is 11.5 Å². The lowest BCUT2D eigenvalue weighted by molar-refractivity contribution is -0.0278. The monoisotopic (exact) mass is 967 g/mol. The number of benzene rings is 4. The number of rotatable bonds is 10. The van der Waals surface area contributed by atoms with Gasteiger partial charge in [-0.05, 0) is 195 Å². The Morgan fingerprint density at radius 1 is 0.403 bits per heavy atom. The summed E-state index contributed by atoms with van der Waals surface area (Å²) in [5.74, 6) is 8.59. The molecule has 0 radical (unpaired) electrons. The molecule has 4 aliphatic carbocycles. The molecule has 4 aromatic carbocycles. The summed E-state index contributed by atoms with van der Waals surface area (Å²) < 4.78 is 44.0. The van der Waals surface area contributed by atoms with Crippen molar-refractivity contribution in [1.29, 1.82) is 0 Å². The first-order valence-corrected chi connectivity index (χ1v) is 29.8. The highest BCUT2D eigenvalue weighted by atomic mass is 32.2. The molecule has 6 aliphatic rings. The Balaban J connectivity index is 1.03. The van der Waals surface area contributed by atoms with E-state index in [1.807, 2.05) is 0 Å². The van der Waals surface area contributed by atoms with Gasteiger partial charge in [0.2, 0.25) is 0 Å². The van der Waals surface area contributed by atoms with Gasteiger partial charge in [0.1, 0.15) is 11.5 Å². The molecular formula is C58H80O6P2S. The fourth-order valence-corrected chi connectivity index (χ4v) is 18.0. The van der Waals surface area contributed by atoms with Crippen molar-refractivity contribution in [3.8, 4) is 11.5 Å². The molecule has 2 aliphatic heterocycles. The van der Waals surface area contributed by atoms with E-state index in [2.05, 4.69) is 128 Å². The molecule has 9 heteroatoms. The molecule has 8 bridgehead atoms. The van der Waals surface area contributed by atoms with E-state index in [1.165, 1.54) is 75.0 Å². The second-order valence-corrected chi connectivity index (χ2v) is 26.5. The van der Waals surface area contributed by atoms with E-state index in [0.29, 0.717) is 71.0 Å². The normalized spacial score (nSPS) is 35.0. The van der Waals surface area contributed by atoms with Crippen molar-refractivity contribution >= 4 is 50.5 Å². The van der Waals surface area contributed by atoms with E-state index in [4.69, 9.17) is 27.1 Å².